The molecule has 5 N–H and O–H groups in total. The van der Waals surface area contributed by atoms with E-state index in [1.54, 1.807) is 30.3 Å². The highest BCUT2D eigenvalue weighted by Gasteiger charge is 2.54. The van der Waals surface area contributed by atoms with E-state index >= 15 is 0 Å². The summed E-state index contributed by atoms with van der Waals surface area (Å²) in [6, 6.07) is 6.81. The van der Waals surface area contributed by atoms with Crippen molar-refractivity contribution >= 4 is 35.5 Å². The Balaban J connectivity index is 1.76. The Labute approximate surface area is 163 Å². The molecule has 1 aromatic carbocycles. The lowest BCUT2D eigenvalue weighted by atomic mass is 10.0. The number of carboxylic acids is 2. The summed E-state index contributed by atoms with van der Waals surface area (Å²) in [6.07, 6.45) is 1.99. The molecule has 1 saturated heterocycles. The SMILES string of the molecule is NC(C(=O)NC1C(=O)N2C(C(=O)O)=C(C=CC(=O)O)CS[C@H]12)c1ccccc1. The second kappa shape index (κ2) is 7.87. The number of allylic oxidation sites excluding steroid dienone is 1. The Bertz CT molecular complexity index is 898. The lowest BCUT2D eigenvalue weighted by molar-refractivity contribution is -0.150. The molecule has 0 radical (unpaired) electrons. The van der Waals surface area contributed by atoms with Crippen LogP contribution in [0.15, 0.2) is 53.8 Å². The van der Waals surface area contributed by atoms with Crippen LogP contribution in [-0.4, -0.2) is 56.0 Å². The van der Waals surface area contributed by atoms with Gasteiger partial charge >= 0.3 is 11.9 Å². The molecule has 2 aliphatic heterocycles. The largest absolute Gasteiger partial charge is 0.478 e. The molecule has 2 amide bonds. The van der Waals surface area contributed by atoms with Crippen LogP contribution in [0.3, 0.4) is 0 Å². The second-order valence-electron chi connectivity index (χ2n) is 6.13. The van der Waals surface area contributed by atoms with Gasteiger partial charge in [-0.15, -0.1) is 11.8 Å². The number of aliphatic carboxylic acids is 2. The predicted octanol–water partition coefficient (Wildman–Crippen LogP) is 0.0658. The molecular weight excluding hydrogens is 386 g/mol. The van der Waals surface area contributed by atoms with E-state index in [-0.39, 0.29) is 17.0 Å². The quantitative estimate of drug-likeness (QED) is 0.385. The molecule has 0 bridgehead atoms. The van der Waals surface area contributed by atoms with E-state index in [4.69, 9.17) is 10.8 Å². The van der Waals surface area contributed by atoms with Gasteiger partial charge in [0.2, 0.25) is 5.91 Å². The molecule has 2 unspecified atom stereocenters. The van der Waals surface area contributed by atoms with Gasteiger partial charge in [-0.3, -0.25) is 14.5 Å². The fourth-order valence-corrected chi connectivity index (χ4v) is 4.32. The maximum Gasteiger partial charge on any atom is 0.352 e. The van der Waals surface area contributed by atoms with Gasteiger partial charge in [0.25, 0.3) is 5.91 Å². The van der Waals surface area contributed by atoms with Crippen LogP contribution in [0.25, 0.3) is 0 Å². The van der Waals surface area contributed by atoms with E-state index in [1.807, 2.05) is 0 Å². The van der Waals surface area contributed by atoms with Gasteiger partial charge < -0.3 is 21.3 Å². The minimum absolute atomic E-state index is 0.191. The third-order valence-corrected chi connectivity index (χ3v) is 5.67. The summed E-state index contributed by atoms with van der Waals surface area (Å²) < 4.78 is 0. The molecule has 1 aromatic rings. The van der Waals surface area contributed by atoms with Crippen LogP contribution in [0.2, 0.25) is 0 Å². The van der Waals surface area contributed by atoms with Crippen molar-refractivity contribution in [2.45, 2.75) is 17.5 Å². The average molecular weight is 403 g/mol. The molecule has 2 heterocycles. The van der Waals surface area contributed by atoms with Gasteiger partial charge in [-0.1, -0.05) is 30.3 Å². The summed E-state index contributed by atoms with van der Waals surface area (Å²) in [5.74, 6) is -3.49. The van der Waals surface area contributed by atoms with Gasteiger partial charge in [0.15, 0.2) is 0 Å². The first-order valence-corrected chi connectivity index (χ1v) is 9.29. The second-order valence-corrected chi connectivity index (χ2v) is 7.24. The molecular formula is C18H17N3O6S. The number of rotatable bonds is 6. The van der Waals surface area contributed by atoms with Crippen LogP contribution >= 0.6 is 11.8 Å². The van der Waals surface area contributed by atoms with Crippen molar-refractivity contribution in [1.82, 2.24) is 10.2 Å². The maximum absolute atomic E-state index is 12.5. The van der Waals surface area contributed by atoms with Gasteiger partial charge in [0.1, 0.15) is 23.2 Å². The summed E-state index contributed by atoms with van der Waals surface area (Å²) in [4.78, 5) is 48.3. The molecule has 146 valence electrons. The number of fused-ring (bicyclic) bond motifs is 1. The third-order valence-electron chi connectivity index (χ3n) is 4.37. The minimum Gasteiger partial charge on any atom is -0.478 e. The van der Waals surface area contributed by atoms with Crippen LogP contribution < -0.4 is 11.1 Å². The minimum atomic E-state index is -1.34. The summed E-state index contributed by atoms with van der Waals surface area (Å²) >= 11 is 1.24. The maximum atomic E-state index is 12.5. The number of hydrogen-bond donors (Lipinski definition) is 4. The van der Waals surface area contributed by atoms with Crippen LogP contribution in [0.4, 0.5) is 0 Å². The predicted molar refractivity (Wildman–Crippen MR) is 99.8 cm³/mol. The summed E-state index contributed by atoms with van der Waals surface area (Å²) in [5.41, 5.74) is 6.47. The molecule has 9 nitrogen and oxygen atoms in total. The van der Waals surface area contributed by atoms with E-state index in [1.165, 1.54) is 17.8 Å². The average Bonchev–Trinajstić information content (AvgIpc) is 2.69. The molecule has 0 aliphatic carbocycles. The number of carbonyl (C=O) groups is 4. The Morgan fingerprint density at radius 2 is 1.93 bits per heavy atom. The van der Waals surface area contributed by atoms with E-state index in [0.717, 1.165) is 11.0 Å². The van der Waals surface area contributed by atoms with Crippen molar-refractivity contribution < 1.29 is 29.4 Å². The zero-order valence-electron chi connectivity index (χ0n) is 14.4. The number of β-lactam (4-membered cyclic amide) rings is 1. The highest BCUT2D eigenvalue weighted by molar-refractivity contribution is 8.00. The molecule has 1 fully saturated rings. The first-order chi connectivity index (χ1) is 13.3. The third kappa shape index (κ3) is 3.64. The fourth-order valence-electron chi connectivity index (χ4n) is 3.00. The highest BCUT2D eigenvalue weighted by atomic mass is 32.2. The van der Waals surface area contributed by atoms with Gasteiger partial charge in [-0.2, -0.15) is 0 Å². The normalized spacial score (nSPS) is 22.5. The van der Waals surface area contributed by atoms with Crippen molar-refractivity contribution in [3.05, 3.63) is 59.3 Å². The molecule has 0 saturated carbocycles. The first-order valence-electron chi connectivity index (χ1n) is 8.24. The number of benzene rings is 1. The number of nitrogens with two attached hydrogens (primary N) is 1. The number of amides is 2. The Morgan fingerprint density at radius 1 is 1.25 bits per heavy atom. The highest BCUT2D eigenvalue weighted by Crippen LogP contribution is 2.40. The van der Waals surface area contributed by atoms with Crippen LogP contribution in [0.5, 0.6) is 0 Å². The van der Waals surface area contributed by atoms with Crippen molar-refractivity contribution in [1.29, 1.82) is 0 Å². The van der Waals surface area contributed by atoms with Gasteiger partial charge in [0, 0.05) is 11.8 Å². The molecule has 3 rings (SSSR count). The van der Waals surface area contributed by atoms with Crippen molar-refractivity contribution in [3.8, 4) is 0 Å². The van der Waals surface area contributed by atoms with Gasteiger partial charge in [0.05, 0.1) is 0 Å². The number of carboxylic acid groups (broad SMARTS) is 2. The zero-order valence-corrected chi connectivity index (χ0v) is 15.3. The number of thioether (sulfide) groups is 1. The smallest absolute Gasteiger partial charge is 0.352 e. The van der Waals surface area contributed by atoms with E-state index in [2.05, 4.69) is 5.32 Å². The van der Waals surface area contributed by atoms with Crippen LogP contribution in [0, 0.1) is 0 Å². The van der Waals surface area contributed by atoms with Crippen LogP contribution in [0.1, 0.15) is 11.6 Å². The molecule has 3 atom stereocenters. The Kier molecular flexibility index (Phi) is 5.52. The van der Waals surface area contributed by atoms with Crippen molar-refractivity contribution in [3.63, 3.8) is 0 Å². The molecule has 28 heavy (non-hydrogen) atoms. The summed E-state index contributed by atoms with van der Waals surface area (Å²) in [7, 11) is 0. The molecule has 0 aromatic heterocycles. The fraction of sp³-hybridized carbons (Fsp3) is 0.222. The lowest BCUT2D eigenvalue weighted by Gasteiger charge is -2.49. The van der Waals surface area contributed by atoms with E-state index in [9.17, 15) is 24.3 Å². The topological polar surface area (TPSA) is 150 Å². The summed E-state index contributed by atoms with van der Waals surface area (Å²) in [6.45, 7) is 0. The van der Waals surface area contributed by atoms with Gasteiger partial charge in [-0.25, -0.2) is 9.59 Å². The number of carbonyl (C=O) groups excluding carboxylic acids is 2. The number of nitrogens with zero attached hydrogens (tertiary/aromatic N) is 1. The lowest BCUT2D eigenvalue weighted by Crippen LogP contribution is -2.71. The van der Waals surface area contributed by atoms with Crippen molar-refractivity contribution in [2.75, 3.05) is 5.75 Å². The molecule has 10 heteroatoms. The number of hydrogen-bond acceptors (Lipinski definition) is 6. The standard InChI is InChI=1S/C18H17N3O6S/c19-12(9-4-2-1-3-5-9)15(24)20-13-16(25)21-14(18(26)27)10(6-7-11(22)23)8-28-17(13)21/h1-7,12-13,17H,8,19H2,(H,20,24)(H,22,23)(H,26,27)/t12?,13?,17-/m1/s1. The Morgan fingerprint density at radius 3 is 2.54 bits per heavy atom. The first kappa shape index (κ1) is 19.6. The Hall–Kier alpha value is -3.11. The van der Waals surface area contributed by atoms with E-state index < -0.39 is 41.2 Å². The van der Waals surface area contributed by atoms with Crippen LogP contribution in [-0.2, 0) is 19.2 Å². The molecule has 2 aliphatic rings. The number of nitrogens with one attached hydrogen (secondary N) is 1. The van der Waals surface area contributed by atoms with E-state index in [0.29, 0.717) is 5.56 Å². The zero-order chi connectivity index (χ0) is 20.4. The van der Waals surface area contributed by atoms with Gasteiger partial charge in [-0.05, 0) is 17.2 Å². The molecule has 0 spiro atoms. The monoisotopic (exact) mass is 403 g/mol. The summed E-state index contributed by atoms with van der Waals surface area (Å²) in [5, 5.41) is 20.2. The van der Waals surface area contributed by atoms with Crippen molar-refractivity contribution in [2.24, 2.45) is 5.73 Å².